The molecule has 0 aromatic heterocycles. The van der Waals surface area contributed by atoms with Crippen LogP contribution in [0.5, 0.6) is 0 Å². The molecule has 0 saturated carbocycles. The van der Waals surface area contributed by atoms with Crippen LogP contribution in [-0.2, 0) is 4.79 Å². The Hall–Kier alpha value is -1.68. The van der Waals surface area contributed by atoms with Gasteiger partial charge in [-0.25, -0.2) is 0 Å². The first-order chi connectivity index (χ1) is 7.16. The molecule has 1 amide bonds. The van der Waals surface area contributed by atoms with Crippen LogP contribution in [-0.4, -0.2) is 24.8 Å². The molecule has 0 aliphatic carbocycles. The predicted octanol–water partition coefficient (Wildman–Crippen LogP) is 0.483. The number of nitrogens with zero attached hydrogens (tertiary/aromatic N) is 1. The van der Waals surface area contributed by atoms with E-state index in [1.165, 1.54) is 4.90 Å². The summed E-state index contributed by atoms with van der Waals surface area (Å²) in [5.74, 6) is -0.896. The maximum atomic E-state index is 11.6. The number of anilines is 1. The van der Waals surface area contributed by atoms with Gasteiger partial charge in [-0.05, 0) is 18.6 Å². The Morgan fingerprint density at radius 2 is 2.07 bits per heavy atom. The first kappa shape index (κ1) is 9.86. The number of aryl methyl sites for hydroxylation is 1. The maximum Gasteiger partial charge on any atom is 0.299 e. The number of Topliss-reactive ketones (excluding diaryl/α,β-unsaturated/α-hetero) is 1. The number of carbonyl (C=O) groups excluding carboxylic acids is 2. The quantitative estimate of drug-likeness (QED) is 0.713. The van der Waals surface area contributed by atoms with E-state index >= 15 is 0 Å². The Labute approximate surface area is 87.7 Å². The highest BCUT2D eigenvalue weighted by molar-refractivity contribution is 6.52. The SMILES string of the molecule is Cc1cccc2c1N(CCN)C(=O)C2=O. The highest BCUT2D eigenvalue weighted by Crippen LogP contribution is 2.31. The first-order valence-electron chi connectivity index (χ1n) is 4.82. The molecule has 2 rings (SSSR count). The van der Waals surface area contributed by atoms with E-state index in [2.05, 4.69) is 0 Å². The summed E-state index contributed by atoms with van der Waals surface area (Å²) >= 11 is 0. The van der Waals surface area contributed by atoms with E-state index in [0.717, 1.165) is 11.3 Å². The molecule has 1 aliphatic rings. The molecule has 1 aromatic rings. The zero-order chi connectivity index (χ0) is 11.0. The van der Waals surface area contributed by atoms with Gasteiger partial charge in [-0.3, -0.25) is 9.59 Å². The van der Waals surface area contributed by atoms with Gasteiger partial charge in [0.2, 0.25) is 0 Å². The number of carbonyl (C=O) groups is 2. The van der Waals surface area contributed by atoms with Crippen molar-refractivity contribution in [2.45, 2.75) is 6.92 Å². The van der Waals surface area contributed by atoms with Gasteiger partial charge < -0.3 is 10.6 Å². The van der Waals surface area contributed by atoms with E-state index < -0.39 is 11.7 Å². The number of hydrogen-bond acceptors (Lipinski definition) is 3. The second-order valence-corrected chi connectivity index (χ2v) is 3.55. The Balaban J connectivity index is 2.56. The summed E-state index contributed by atoms with van der Waals surface area (Å²) in [6, 6.07) is 5.35. The number of rotatable bonds is 2. The minimum Gasteiger partial charge on any atom is -0.329 e. The largest absolute Gasteiger partial charge is 0.329 e. The second kappa shape index (κ2) is 3.47. The molecule has 1 aliphatic heterocycles. The summed E-state index contributed by atoms with van der Waals surface area (Å²) in [5.41, 5.74) is 7.56. The third kappa shape index (κ3) is 1.34. The Kier molecular flexibility index (Phi) is 2.28. The fourth-order valence-corrected chi connectivity index (χ4v) is 1.88. The predicted molar refractivity (Wildman–Crippen MR) is 56.9 cm³/mol. The lowest BCUT2D eigenvalue weighted by atomic mass is 10.1. The molecule has 0 atom stereocenters. The number of benzene rings is 1. The van der Waals surface area contributed by atoms with Crippen molar-refractivity contribution in [2.24, 2.45) is 5.73 Å². The van der Waals surface area contributed by atoms with Gasteiger partial charge in [0.25, 0.3) is 11.7 Å². The normalized spacial score (nSPS) is 14.7. The molecule has 0 fully saturated rings. The molecule has 0 bridgehead atoms. The van der Waals surface area contributed by atoms with Gasteiger partial charge in [0.15, 0.2) is 0 Å². The van der Waals surface area contributed by atoms with Crippen molar-refractivity contribution in [1.82, 2.24) is 0 Å². The molecular formula is C11H12N2O2. The molecule has 4 heteroatoms. The third-order valence-corrected chi connectivity index (χ3v) is 2.54. The molecule has 0 spiro atoms. The minimum atomic E-state index is -0.468. The van der Waals surface area contributed by atoms with E-state index in [-0.39, 0.29) is 0 Å². The maximum absolute atomic E-state index is 11.6. The van der Waals surface area contributed by atoms with Gasteiger partial charge >= 0.3 is 0 Å². The zero-order valence-corrected chi connectivity index (χ0v) is 8.49. The highest BCUT2D eigenvalue weighted by atomic mass is 16.2. The van der Waals surface area contributed by atoms with Crippen molar-refractivity contribution in [1.29, 1.82) is 0 Å². The first-order valence-corrected chi connectivity index (χ1v) is 4.82. The number of hydrogen-bond donors (Lipinski definition) is 1. The summed E-state index contributed by atoms with van der Waals surface area (Å²) < 4.78 is 0. The second-order valence-electron chi connectivity index (χ2n) is 3.55. The van der Waals surface area contributed by atoms with Crippen LogP contribution in [0.3, 0.4) is 0 Å². The van der Waals surface area contributed by atoms with Crippen molar-refractivity contribution < 1.29 is 9.59 Å². The van der Waals surface area contributed by atoms with Crippen molar-refractivity contribution in [3.63, 3.8) is 0 Å². The van der Waals surface area contributed by atoms with Crippen molar-refractivity contribution >= 4 is 17.4 Å². The molecule has 78 valence electrons. The van der Waals surface area contributed by atoms with Crippen LogP contribution < -0.4 is 10.6 Å². The summed E-state index contributed by atoms with van der Waals surface area (Å²) in [6.07, 6.45) is 0. The van der Waals surface area contributed by atoms with Gasteiger partial charge in [0.1, 0.15) is 0 Å². The molecule has 0 saturated heterocycles. The van der Waals surface area contributed by atoms with E-state index in [9.17, 15) is 9.59 Å². The molecular weight excluding hydrogens is 192 g/mol. The topological polar surface area (TPSA) is 63.4 Å². The van der Waals surface area contributed by atoms with Gasteiger partial charge in [-0.15, -0.1) is 0 Å². The lowest BCUT2D eigenvalue weighted by molar-refractivity contribution is -0.114. The third-order valence-electron chi connectivity index (χ3n) is 2.54. The number of ketones is 1. The van der Waals surface area contributed by atoms with Crippen LogP contribution >= 0.6 is 0 Å². The lowest BCUT2D eigenvalue weighted by Gasteiger charge is -2.16. The molecule has 4 nitrogen and oxygen atoms in total. The fraction of sp³-hybridized carbons (Fsp3) is 0.273. The smallest absolute Gasteiger partial charge is 0.299 e. The van der Waals surface area contributed by atoms with Crippen molar-refractivity contribution in [2.75, 3.05) is 18.0 Å². The average molecular weight is 204 g/mol. The van der Waals surface area contributed by atoms with E-state index in [1.54, 1.807) is 12.1 Å². The molecule has 0 unspecified atom stereocenters. The van der Waals surface area contributed by atoms with Crippen LogP contribution in [0.1, 0.15) is 15.9 Å². The summed E-state index contributed by atoms with van der Waals surface area (Å²) in [5, 5.41) is 0. The Morgan fingerprint density at radius 1 is 1.33 bits per heavy atom. The zero-order valence-electron chi connectivity index (χ0n) is 8.49. The van der Waals surface area contributed by atoms with Gasteiger partial charge in [-0.2, -0.15) is 0 Å². The van der Waals surface area contributed by atoms with Crippen LogP contribution in [0, 0.1) is 6.92 Å². The molecule has 0 radical (unpaired) electrons. The number of nitrogens with two attached hydrogens (primary N) is 1. The monoisotopic (exact) mass is 204 g/mol. The van der Waals surface area contributed by atoms with Gasteiger partial charge in [-0.1, -0.05) is 12.1 Å². The number of amides is 1. The van der Waals surface area contributed by atoms with E-state index in [0.29, 0.717) is 18.7 Å². The van der Waals surface area contributed by atoms with Crippen LogP contribution in [0.15, 0.2) is 18.2 Å². The van der Waals surface area contributed by atoms with E-state index in [1.807, 2.05) is 13.0 Å². The van der Waals surface area contributed by atoms with Crippen LogP contribution in [0.25, 0.3) is 0 Å². The van der Waals surface area contributed by atoms with Gasteiger partial charge in [0, 0.05) is 13.1 Å². The fourth-order valence-electron chi connectivity index (χ4n) is 1.88. The molecule has 1 heterocycles. The highest BCUT2D eigenvalue weighted by Gasteiger charge is 2.35. The number of para-hydroxylation sites is 1. The standard InChI is InChI=1S/C11H12N2O2/c1-7-3-2-4-8-9(7)13(6-5-12)11(15)10(8)14/h2-4H,5-6,12H2,1H3. The summed E-state index contributed by atoms with van der Waals surface area (Å²) in [4.78, 5) is 24.7. The number of fused-ring (bicyclic) bond motifs is 1. The van der Waals surface area contributed by atoms with Crippen molar-refractivity contribution in [3.05, 3.63) is 29.3 Å². The minimum absolute atomic E-state index is 0.354. The molecule has 2 N–H and O–H groups in total. The Bertz CT molecular complexity index is 440. The van der Waals surface area contributed by atoms with E-state index in [4.69, 9.17) is 5.73 Å². The van der Waals surface area contributed by atoms with Crippen molar-refractivity contribution in [3.8, 4) is 0 Å². The van der Waals surface area contributed by atoms with Crippen LogP contribution in [0.2, 0.25) is 0 Å². The van der Waals surface area contributed by atoms with Crippen LogP contribution in [0.4, 0.5) is 5.69 Å². The molecule has 1 aromatic carbocycles. The summed E-state index contributed by atoms with van der Waals surface area (Å²) in [6.45, 7) is 2.63. The average Bonchev–Trinajstić information content (AvgIpc) is 2.46. The molecule has 15 heavy (non-hydrogen) atoms. The summed E-state index contributed by atoms with van der Waals surface area (Å²) in [7, 11) is 0. The van der Waals surface area contributed by atoms with Gasteiger partial charge in [0.05, 0.1) is 11.3 Å². The lowest BCUT2D eigenvalue weighted by Crippen LogP contribution is -2.34. The Morgan fingerprint density at radius 3 is 2.73 bits per heavy atom.